The van der Waals surface area contributed by atoms with Crippen molar-refractivity contribution in [3.05, 3.63) is 29.6 Å². The topological polar surface area (TPSA) is 12.9 Å². The molecule has 0 saturated carbocycles. The van der Waals surface area contributed by atoms with Gasteiger partial charge >= 0.3 is 0 Å². The maximum Gasteiger partial charge on any atom is 0.0434 e. The lowest BCUT2D eigenvalue weighted by Crippen LogP contribution is -1.97. The molecular weight excluding hydrogens is 158 g/mol. The molecule has 13 heavy (non-hydrogen) atoms. The third-order valence-electron chi connectivity index (χ3n) is 2.59. The van der Waals surface area contributed by atoms with Gasteiger partial charge in [0.2, 0.25) is 0 Å². The molecule has 1 heteroatoms. The van der Waals surface area contributed by atoms with Crippen molar-refractivity contribution in [3.8, 4) is 0 Å². The fourth-order valence-electron chi connectivity index (χ4n) is 1.30. The quantitative estimate of drug-likeness (QED) is 0.685. The first-order chi connectivity index (χ1) is 6.15. The van der Waals surface area contributed by atoms with Crippen molar-refractivity contribution in [2.45, 2.75) is 46.0 Å². The van der Waals surface area contributed by atoms with Crippen LogP contribution in [0, 0.1) is 0 Å². The Morgan fingerprint density at radius 1 is 1.31 bits per heavy atom. The van der Waals surface area contributed by atoms with Crippen molar-refractivity contribution in [1.29, 1.82) is 0 Å². The minimum atomic E-state index is 0.582. The molecule has 0 bridgehead atoms. The van der Waals surface area contributed by atoms with Crippen LogP contribution in [0.4, 0.5) is 0 Å². The minimum absolute atomic E-state index is 0.582. The van der Waals surface area contributed by atoms with Crippen LogP contribution in [0.15, 0.2) is 18.3 Å². The maximum atomic E-state index is 4.39. The van der Waals surface area contributed by atoms with Crippen molar-refractivity contribution in [2.75, 3.05) is 0 Å². The second-order valence-electron chi connectivity index (χ2n) is 3.98. The molecule has 0 aliphatic rings. The molecule has 1 heterocycles. The Kier molecular flexibility index (Phi) is 3.47. The fourth-order valence-corrected chi connectivity index (χ4v) is 1.30. The lowest BCUT2D eigenvalue weighted by molar-refractivity contribution is 0.703. The summed E-state index contributed by atoms with van der Waals surface area (Å²) in [5, 5.41) is 0. The number of hydrogen-bond donors (Lipinski definition) is 0. The monoisotopic (exact) mass is 177 g/mol. The number of hydrogen-bond acceptors (Lipinski definition) is 1. The van der Waals surface area contributed by atoms with E-state index in [9.17, 15) is 0 Å². The van der Waals surface area contributed by atoms with E-state index in [0.29, 0.717) is 11.8 Å². The summed E-state index contributed by atoms with van der Waals surface area (Å²) in [6.45, 7) is 8.87. The van der Waals surface area contributed by atoms with Crippen molar-refractivity contribution in [1.82, 2.24) is 4.98 Å². The SMILES string of the molecule is CCC(C)c1cc(C(C)C)ccn1. The Balaban J connectivity index is 2.91. The molecule has 1 aromatic rings. The lowest BCUT2D eigenvalue weighted by Gasteiger charge is -2.11. The predicted octanol–water partition coefficient (Wildman–Crippen LogP) is 3.72. The highest BCUT2D eigenvalue weighted by Crippen LogP contribution is 2.20. The molecule has 1 rings (SSSR count). The zero-order valence-corrected chi connectivity index (χ0v) is 9.04. The summed E-state index contributed by atoms with van der Waals surface area (Å²) in [4.78, 5) is 4.39. The van der Waals surface area contributed by atoms with E-state index in [1.807, 2.05) is 6.20 Å². The van der Waals surface area contributed by atoms with Gasteiger partial charge in [0.1, 0.15) is 0 Å². The van der Waals surface area contributed by atoms with Crippen LogP contribution in [0.5, 0.6) is 0 Å². The molecule has 0 N–H and O–H groups in total. The highest BCUT2D eigenvalue weighted by Gasteiger charge is 2.06. The van der Waals surface area contributed by atoms with Crippen LogP contribution < -0.4 is 0 Å². The van der Waals surface area contributed by atoms with E-state index in [4.69, 9.17) is 0 Å². The van der Waals surface area contributed by atoms with Gasteiger partial charge < -0.3 is 0 Å². The Hall–Kier alpha value is -0.850. The number of rotatable bonds is 3. The van der Waals surface area contributed by atoms with Gasteiger partial charge in [0.25, 0.3) is 0 Å². The van der Waals surface area contributed by atoms with Crippen LogP contribution in [0.25, 0.3) is 0 Å². The predicted molar refractivity (Wildman–Crippen MR) is 57.0 cm³/mol. The molecule has 0 aliphatic heterocycles. The molecule has 1 unspecified atom stereocenters. The molecule has 0 radical (unpaired) electrons. The summed E-state index contributed by atoms with van der Waals surface area (Å²) in [7, 11) is 0. The van der Waals surface area contributed by atoms with E-state index >= 15 is 0 Å². The molecule has 0 amide bonds. The molecule has 1 atom stereocenters. The van der Waals surface area contributed by atoms with Crippen molar-refractivity contribution >= 4 is 0 Å². The summed E-state index contributed by atoms with van der Waals surface area (Å²) in [6.07, 6.45) is 3.09. The molecule has 1 aromatic heterocycles. The van der Waals surface area contributed by atoms with Gasteiger partial charge in [-0.3, -0.25) is 4.98 Å². The van der Waals surface area contributed by atoms with Gasteiger partial charge in [-0.05, 0) is 36.0 Å². The van der Waals surface area contributed by atoms with E-state index < -0.39 is 0 Å². The summed E-state index contributed by atoms with van der Waals surface area (Å²) < 4.78 is 0. The number of aromatic nitrogens is 1. The highest BCUT2D eigenvalue weighted by molar-refractivity contribution is 5.21. The van der Waals surface area contributed by atoms with Crippen LogP contribution in [0.3, 0.4) is 0 Å². The highest BCUT2D eigenvalue weighted by atomic mass is 14.7. The van der Waals surface area contributed by atoms with Gasteiger partial charge in [-0.15, -0.1) is 0 Å². The molecule has 0 spiro atoms. The van der Waals surface area contributed by atoms with Crippen molar-refractivity contribution in [3.63, 3.8) is 0 Å². The molecule has 1 nitrogen and oxygen atoms in total. The van der Waals surface area contributed by atoms with Gasteiger partial charge in [0.05, 0.1) is 0 Å². The second-order valence-corrected chi connectivity index (χ2v) is 3.98. The average Bonchev–Trinajstić information content (AvgIpc) is 2.17. The van der Waals surface area contributed by atoms with E-state index in [1.165, 1.54) is 11.3 Å². The summed E-state index contributed by atoms with van der Waals surface area (Å²) in [5.41, 5.74) is 2.62. The van der Waals surface area contributed by atoms with Gasteiger partial charge in [-0.1, -0.05) is 27.7 Å². The molecule has 0 fully saturated rings. The Bertz CT molecular complexity index is 266. The Morgan fingerprint density at radius 3 is 2.54 bits per heavy atom. The smallest absolute Gasteiger partial charge is 0.0434 e. The van der Waals surface area contributed by atoms with Crippen molar-refractivity contribution < 1.29 is 0 Å². The summed E-state index contributed by atoms with van der Waals surface area (Å²) in [5.74, 6) is 1.18. The first-order valence-corrected chi connectivity index (χ1v) is 5.11. The molecule has 0 aliphatic carbocycles. The number of nitrogens with zero attached hydrogens (tertiary/aromatic N) is 1. The molecule has 0 saturated heterocycles. The Labute approximate surface area is 81.2 Å². The molecule has 72 valence electrons. The number of pyridine rings is 1. The van der Waals surface area contributed by atoms with Gasteiger partial charge in [-0.25, -0.2) is 0 Å². The van der Waals surface area contributed by atoms with E-state index in [2.05, 4.69) is 44.8 Å². The zero-order valence-electron chi connectivity index (χ0n) is 9.04. The average molecular weight is 177 g/mol. The second kappa shape index (κ2) is 4.40. The third-order valence-corrected chi connectivity index (χ3v) is 2.59. The first kappa shape index (κ1) is 10.2. The molecule has 0 aromatic carbocycles. The summed E-state index contributed by atoms with van der Waals surface area (Å²) >= 11 is 0. The standard InChI is InChI=1S/C12H19N/c1-5-10(4)12-8-11(9(2)3)6-7-13-12/h6-10H,5H2,1-4H3. The minimum Gasteiger partial charge on any atom is -0.261 e. The normalized spacial score (nSPS) is 13.3. The zero-order chi connectivity index (χ0) is 9.84. The van der Waals surface area contributed by atoms with Gasteiger partial charge in [-0.2, -0.15) is 0 Å². The molecular formula is C12H19N. The Morgan fingerprint density at radius 2 is 2.00 bits per heavy atom. The van der Waals surface area contributed by atoms with Crippen LogP contribution in [-0.4, -0.2) is 4.98 Å². The van der Waals surface area contributed by atoms with Crippen molar-refractivity contribution in [2.24, 2.45) is 0 Å². The lowest BCUT2D eigenvalue weighted by atomic mass is 9.98. The van der Waals surface area contributed by atoms with E-state index in [0.717, 1.165) is 6.42 Å². The summed E-state index contributed by atoms with van der Waals surface area (Å²) in [6, 6.07) is 4.34. The van der Waals surface area contributed by atoms with E-state index in [-0.39, 0.29) is 0 Å². The van der Waals surface area contributed by atoms with Crippen LogP contribution in [-0.2, 0) is 0 Å². The first-order valence-electron chi connectivity index (χ1n) is 5.11. The largest absolute Gasteiger partial charge is 0.261 e. The third kappa shape index (κ3) is 2.55. The van der Waals surface area contributed by atoms with Crippen LogP contribution in [0.2, 0.25) is 0 Å². The van der Waals surface area contributed by atoms with Crippen LogP contribution in [0.1, 0.15) is 57.2 Å². The van der Waals surface area contributed by atoms with E-state index in [1.54, 1.807) is 0 Å². The maximum absolute atomic E-state index is 4.39. The van der Waals surface area contributed by atoms with Gasteiger partial charge in [0, 0.05) is 11.9 Å². The fraction of sp³-hybridized carbons (Fsp3) is 0.583. The van der Waals surface area contributed by atoms with Gasteiger partial charge in [0.15, 0.2) is 0 Å². The van der Waals surface area contributed by atoms with Crippen LogP contribution >= 0.6 is 0 Å².